The Morgan fingerprint density at radius 1 is 1.19 bits per heavy atom. The van der Waals surface area contributed by atoms with Gasteiger partial charge in [-0.2, -0.15) is 0 Å². The van der Waals surface area contributed by atoms with E-state index in [1.807, 2.05) is 0 Å². The number of hydrogen-bond donors (Lipinski definition) is 1. The molecule has 1 fully saturated rings. The number of nitrogens with two attached hydrogens (primary N) is 1. The molecule has 0 aliphatic heterocycles. The quantitative estimate of drug-likeness (QED) is 0.883. The highest BCUT2D eigenvalue weighted by atomic mass is 79.9. The Morgan fingerprint density at radius 2 is 1.86 bits per heavy atom. The SMILES string of the molecule is CC(C)Cc1nc(-c2ccc(C3CC3)cc2)nc(N)c1Br. The first-order valence-electron chi connectivity index (χ1n) is 7.47. The molecule has 4 heteroatoms. The summed E-state index contributed by atoms with van der Waals surface area (Å²) in [5.74, 6) is 2.53. The van der Waals surface area contributed by atoms with Crippen molar-refractivity contribution in [2.75, 3.05) is 5.73 Å². The first-order valence-corrected chi connectivity index (χ1v) is 8.26. The maximum atomic E-state index is 6.02. The van der Waals surface area contributed by atoms with Crippen LogP contribution in [0.2, 0.25) is 0 Å². The molecule has 0 bridgehead atoms. The van der Waals surface area contributed by atoms with E-state index in [1.54, 1.807) is 0 Å². The Bertz CT molecular complexity index is 646. The van der Waals surface area contributed by atoms with Gasteiger partial charge in [-0.25, -0.2) is 9.97 Å². The lowest BCUT2D eigenvalue weighted by Crippen LogP contribution is -2.05. The van der Waals surface area contributed by atoms with Crippen LogP contribution in [-0.4, -0.2) is 9.97 Å². The Balaban J connectivity index is 1.95. The van der Waals surface area contributed by atoms with Crippen LogP contribution >= 0.6 is 15.9 Å². The van der Waals surface area contributed by atoms with E-state index < -0.39 is 0 Å². The molecule has 2 aromatic rings. The molecule has 110 valence electrons. The van der Waals surface area contributed by atoms with Gasteiger partial charge in [0.25, 0.3) is 0 Å². The molecule has 1 heterocycles. The van der Waals surface area contributed by atoms with Crippen molar-refractivity contribution in [2.45, 2.75) is 39.0 Å². The van der Waals surface area contributed by atoms with Crippen LogP contribution in [0.1, 0.15) is 43.9 Å². The van der Waals surface area contributed by atoms with Gasteiger partial charge in [0.15, 0.2) is 5.82 Å². The minimum atomic E-state index is 0.516. The smallest absolute Gasteiger partial charge is 0.161 e. The second kappa shape index (κ2) is 5.76. The second-order valence-corrected chi connectivity index (χ2v) is 6.98. The fourth-order valence-electron chi connectivity index (χ4n) is 2.48. The molecule has 2 N–H and O–H groups in total. The van der Waals surface area contributed by atoms with Gasteiger partial charge in [0.1, 0.15) is 5.82 Å². The maximum Gasteiger partial charge on any atom is 0.161 e. The summed E-state index contributed by atoms with van der Waals surface area (Å²) in [6.45, 7) is 4.35. The molecule has 3 nitrogen and oxygen atoms in total. The van der Waals surface area contributed by atoms with E-state index in [-0.39, 0.29) is 0 Å². The molecule has 0 radical (unpaired) electrons. The summed E-state index contributed by atoms with van der Waals surface area (Å²) in [5.41, 5.74) is 9.46. The molecule has 3 rings (SSSR count). The number of aromatic nitrogens is 2. The van der Waals surface area contributed by atoms with Crippen LogP contribution in [-0.2, 0) is 6.42 Å². The van der Waals surface area contributed by atoms with Crippen LogP contribution in [0.3, 0.4) is 0 Å². The largest absolute Gasteiger partial charge is 0.383 e. The predicted molar refractivity (Wildman–Crippen MR) is 90.1 cm³/mol. The number of nitrogens with zero attached hydrogens (tertiary/aromatic N) is 2. The van der Waals surface area contributed by atoms with Crippen molar-refractivity contribution in [1.29, 1.82) is 0 Å². The molecule has 1 aromatic carbocycles. The van der Waals surface area contributed by atoms with Gasteiger partial charge in [0, 0.05) is 5.56 Å². The number of hydrogen-bond acceptors (Lipinski definition) is 3. The summed E-state index contributed by atoms with van der Waals surface area (Å²) in [7, 11) is 0. The van der Waals surface area contributed by atoms with Gasteiger partial charge in [-0.05, 0) is 52.6 Å². The molecular formula is C17H20BrN3. The number of anilines is 1. The molecule has 1 saturated carbocycles. The minimum Gasteiger partial charge on any atom is -0.383 e. The summed E-state index contributed by atoms with van der Waals surface area (Å²) >= 11 is 3.50. The molecule has 0 spiro atoms. The molecule has 1 aromatic heterocycles. The molecular weight excluding hydrogens is 326 g/mol. The lowest BCUT2D eigenvalue weighted by molar-refractivity contribution is 0.633. The number of rotatable bonds is 4. The van der Waals surface area contributed by atoms with Crippen molar-refractivity contribution in [2.24, 2.45) is 5.92 Å². The van der Waals surface area contributed by atoms with Crippen molar-refractivity contribution >= 4 is 21.7 Å². The lowest BCUT2D eigenvalue weighted by atomic mass is 10.1. The number of halogens is 1. The Labute approximate surface area is 134 Å². The molecule has 1 aliphatic rings. The fourth-order valence-corrected chi connectivity index (χ4v) is 2.82. The first-order chi connectivity index (χ1) is 10.0. The van der Waals surface area contributed by atoms with Crippen molar-refractivity contribution in [3.05, 3.63) is 40.0 Å². The highest BCUT2D eigenvalue weighted by Gasteiger charge is 2.23. The predicted octanol–water partition coefficient (Wildman–Crippen LogP) is 4.56. The highest BCUT2D eigenvalue weighted by molar-refractivity contribution is 9.10. The molecule has 1 aliphatic carbocycles. The minimum absolute atomic E-state index is 0.516. The molecule has 0 saturated heterocycles. The topological polar surface area (TPSA) is 51.8 Å². The van der Waals surface area contributed by atoms with Crippen LogP contribution in [0.4, 0.5) is 5.82 Å². The van der Waals surface area contributed by atoms with Gasteiger partial charge in [0.2, 0.25) is 0 Å². The normalized spacial score (nSPS) is 14.7. The third-order valence-corrected chi connectivity index (χ3v) is 4.63. The van der Waals surface area contributed by atoms with Gasteiger partial charge in [-0.1, -0.05) is 38.1 Å². The lowest BCUT2D eigenvalue weighted by Gasteiger charge is -2.11. The zero-order chi connectivity index (χ0) is 15.0. The maximum absolute atomic E-state index is 6.02. The van der Waals surface area contributed by atoms with Crippen LogP contribution < -0.4 is 5.73 Å². The summed E-state index contributed by atoms with van der Waals surface area (Å²) < 4.78 is 0.828. The summed E-state index contributed by atoms with van der Waals surface area (Å²) in [6.07, 6.45) is 3.53. The average molecular weight is 346 g/mol. The number of benzene rings is 1. The van der Waals surface area contributed by atoms with E-state index in [0.717, 1.165) is 28.1 Å². The van der Waals surface area contributed by atoms with Crippen LogP contribution in [0.15, 0.2) is 28.7 Å². The van der Waals surface area contributed by atoms with E-state index >= 15 is 0 Å². The van der Waals surface area contributed by atoms with Gasteiger partial charge in [-0.15, -0.1) is 0 Å². The van der Waals surface area contributed by atoms with Crippen molar-refractivity contribution in [1.82, 2.24) is 9.97 Å². The monoisotopic (exact) mass is 345 g/mol. The third-order valence-electron chi connectivity index (χ3n) is 3.76. The standard InChI is InChI=1S/C17H20BrN3/c1-10(2)9-14-15(18)16(19)21-17(20-14)13-7-5-12(6-8-13)11-3-4-11/h5-8,10-11H,3-4,9H2,1-2H3,(H2,19,20,21). The first kappa shape index (κ1) is 14.5. The van der Waals surface area contributed by atoms with Gasteiger partial charge in [0.05, 0.1) is 10.2 Å². The summed E-state index contributed by atoms with van der Waals surface area (Å²) in [6, 6.07) is 8.60. The molecule has 0 atom stereocenters. The van der Waals surface area contributed by atoms with Crippen LogP contribution in [0, 0.1) is 5.92 Å². The number of nitrogen functional groups attached to an aromatic ring is 1. The van der Waals surface area contributed by atoms with E-state index in [1.165, 1.54) is 18.4 Å². The molecule has 0 amide bonds. The van der Waals surface area contributed by atoms with E-state index in [2.05, 4.69) is 59.0 Å². The van der Waals surface area contributed by atoms with Crippen LogP contribution in [0.5, 0.6) is 0 Å². The summed E-state index contributed by atoms with van der Waals surface area (Å²) in [5, 5.41) is 0. The zero-order valence-electron chi connectivity index (χ0n) is 12.4. The summed E-state index contributed by atoms with van der Waals surface area (Å²) in [4.78, 5) is 9.12. The van der Waals surface area contributed by atoms with E-state index in [4.69, 9.17) is 10.7 Å². The molecule has 0 unspecified atom stereocenters. The second-order valence-electron chi connectivity index (χ2n) is 6.19. The van der Waals surface area contributed by atoms with Crippen molar-refractivity contribution < 1.29 is 0 Å². The Morgan fingerprint density at radius 3 is 2.43 bits per heavy atom. The Kier molecular flexibility index (Phi) is 3.98. The highest BCUT2D eigenvalue weighted by Crippen LogP contribution is 2.40. The van der Waals surface area contributed by atoms with E-state index in [9.17, 15) is 0 Å². The van der Waals surface area contributed by atoms with E-state index in [0.29, 0.717) is 17.6 Å². The van der Waals surface area contributed by atoms with Crippen molar-refractivity contribution in [3.63, 3.8) is 0 Å². The van der Waals surface area contributed by atoms with Gasteiger partial charge in [-0.3, -0.25) is 0 Å². The van der Waals surface area contributed by atoms with Crippen molar-refractivity contribution in [3.8, 4) is 11.4 Å². The molecule has 21 heavy (non-hydrogen) atoms. The Hall–Kier alpha value is -1.42. The van der Waals surface area contributed by atoms with Crippen LogP contribution in [0.25, 0.3) is 11.4 Å². The van der Waals surface area contributed by atoms with Gasteiger partial charge < -0.3 is 5.73 Å². The van der Waals surface area contributed by atoms with Gasteiger partial charge >= 0.3 is 0 Å². The fraction of sp³-hybridized carbons (Fsp3) is 0.412. The third kappa shape index (κ3) is 3.26. The zero-order valence-corrected chi connectivity index (χ0v) is 14.0. The average Bonchev–Trinajstić information content (AvgIpc) is 3.28.